The van der Waals surface area contributed by atoms with Crippen LogP contribution in [0.2, 0.25) is 0 Å². The fraction of sp³-hybridized carbons (Fsp3) is 0.615. The smallest absolute Gasteiger partial charge is 0.0957 e. The third kappa shape index (κ3) is 3.21. The predicted molar refractivity (Wildman–Crippen MR) is 71.2 cm³/mol. The van der Waals surface area contributed by atoms with Crippen molar-refractivity contribution in [3.05, 3.63) is 23.9 Å². The Balaban J connectivity index is 2.04. The van der Waals surface area contributed by atoms with Gasteiger partial charge in [0.25, 0.3) is 0 Å². The van der Waals surface area contributed by atoms with Gasteiger partial charge in [0.15, 0.2) is 0 Å². The molecular formula is C13H20N2OS. The van der Waals surface area contributed by atoms with Crippen LogP contribution in [-0.4, -0.2) is 40.4 Å². The number of rotatable bonds is 3. The number of piperidine rings is 1. The Hall–Kier alpha value is -0.580. The van der Waals surface area contributed by atoms with Crippen molar-refractivity contribution in [1.82, 2.24) is 9.88 Å². The molecule has 1 aromatic heterocycles. The summed E-state index contributed by atoms with van der Waals surface area (Å²) in [4.78, 5) is 6.74. The van der Waals surface area contributed by atoms with Crippen molar-refractivity contribution in [3.63, 3.8) is 0 Å². The standard InChI is InChI=1S/C13H20N2OS/c1-10(15-7-3-4-12(16)9-15)11-5-6-13(17-2)14-8-11/h5-6,8,10,12,16H,3-4,7,9H2,1-2H3. The van der Waals surface area contributed by atoms with Crippen LogP contribution in [0.15, 0.2) is 23.4 Å². The summed E-state index contributed by atoms with van der Waals surface area (Å²) in [7, 11) is 0. The molecule has 17 heavy (non-hydrogen) atoms. The van der Waals surface area contributed by atoms with Gasteiger partial charge in [-0.1, -0.05) is 6.07 Å². The van der Waals surface area contributed by atoms with E-state index in [-0.39, 0.29) is 6.10 Å². The minimum atomic E-state index is -0.162. The summed E-state index contributed by atoms with van der Waals surface area (Å²) in [5.74, 6) is 0. The van der Waals surface area contributed by atoms with E-state index in [0.717, 1.165) is 31.0 Å². The molecule has 0 saturated carbocycles. The Labute approximate surface area is 107 Å². The van der Waals surface area contributed by atoms with Crippen LogP contribution < -0.4 is 0 Å². The van der Waals surface area contributed by atoms with Crippen molar-refractivity contribution >= 4 is 11.8 Å². The molecule has 94 valence electrons. The zero-order chi connectivity index (χ0) is 12.3. The fourth-order valence-electron chi connectivity index (χ4n) is 2.31. The number of likely N-dealkylation sites (tertiary alicyclic amines) is 1. The van der Waals surface area contributed by atoms with E-state index in [9.17, 15) is 5.11 Å². The van der Waals surface area contributed by atoms with Crippen molar-refractivity contribution < 1.29 is 5.11 Å². The lowest BCUT2D eigenvalue weighted by molar-refractivity contribution is 0.0503. The topological polar surface area (TPSA) is 36.4 Å². The zero-order valence-corrected chi connectivity index (χ0v) is 11.3. The number of aromatic nitrogens is 1. The molecule has 1 fully saturated rings. The van der Waals surface area contributed by atoms with E-state index in [1.807, 2.05) is 12.5 Å². The average Bonchev–Trinajstić information content (AvgIpc) is 2.38. The molecule has 1 saturated heterocycles. The average molecular weight is 252 g/mol. The van der Waals surface area contributed by atoms with Crippen LogP contribution in [0, 0.1) is 0 Å². The second-order valence-electron chi connectivity index (χ2n) is 4.60. The van der Waals surface area contributed by atoms with Gasteiger partial charge < -0.3 is 5.11 Å². The Bertz CT molecular complexity index is 355. The predicted octanol–water partition coefficient (Wildman–Crippen LogP) is 2.32. The quantitative estimate of drug-likeness (QED) is 0.838. The highest BCUT2D eigenvalue weighted by atomic mass is 32.2. The van der Waals surface area contributed by atoms with E-state index in [4.69, 9.17) is 0 Å². The molecule has 1 aliphatic heterocycles. The second kappa shape index (κ2) is 5.85. The molecule has 2 unspecified atom stereocenters. The van der Waals surface area contributed by atoms with Crippen LogP contribution in [0.4, 0.5) is 0 Å². The maximum atomic E-state index is 9.70. The normalized spacial score (nSPS) is 23.6. The van der Waals surface area contributed by atoms with Gasteiger partial charge in [-0.25, -0.2) is 4.98 Å². The summed E-state index contributed by atoms with van der Waals surface area (Å²) >= 11 is 1.66. The monoisotopic (exact) mass is 252 g/mol. The molecule has 0 radical (unpaired) electrons. The summed E-state index contributed by atoms with van der Waals surface area (Å²) < 4.78 is 0. The lowest BCUT2D eigenvalue weighted by atomic mass is 10.0. The molecule has 0 bridgehead atoms. The van der Waals surface area contributed by atoms with Crippen LogP contribution in [0.3, 0.4) is 0 Å². The number of thioether (sulfide) groups is 1. The highest BCUT2D eigenvalue weighted by Gasteiger charge is 2.22. The summed E-state index contributed by atoms with van der Waals surface area (Å²) in [6, 6.07) is 4.55. The minimum Gasteiger partial charge on any atom is -0.392 e. The van der Waals surface area contributed by atoms with Gasteiger partial charge in [0.2, 0.25) is 0 Å². The molecule has 0 aliphatic carbocycles. The number of nitrogens with zero attached hydrogens (tertiary/aromatic N) is 2. The Kier molecular flexibility index (Phi) is 4.42. The van der Waals surface area contributed by atoms with Crippen LogP contribution in [0.25, 0.3) is 0 Å². The number of aliphatic hydroxyl groups excluding tert-OH is 1. The first-order chi connectivity index (χ1) is 8.20. The van der Waals surface area contributed by atoms with Gasteiger partial charge in [-0.2, -0.15) is 0 Å². The molecule has 2 heterocycles. The first-order valence-corrected chi connectivity index (χ1v) is 7.35. The fourth-order valence-corrected chi connectivity index (χ4v) is 2.67. The van der Waals surface area contributed by atoms with Gasteiger partial charge in [-0.3, -0.25) is 4.90 Å². The molecule has 1 aromatic rings. The third-order valence-corrected chi connectivity index (χ3v) is 4.09. The number of hydrogen-bond donors (Lipinski definition) is 1. The molecule has 1 aliphatic rings. The van der Waals surface area contributed by atoms with Gasteiger partial charge in [-0.15, -0.1) is 11.8 Å². The number of hydrogen-bond acceptors (Lipinski definition) is 4. The minimum absolute atomic E-state index is 0.162. The number of pyridine rings is 1. The molecule has 1 N–H and O–H groups in total. The molecule has 0 aromatic carbocycles. The molecule has 4 heteroatoms. The molecular weight excluding hydrogens is 232 g/mol. The van der Waals surface area contributed by atoms with E-state index < -0.39 is 0 Å². The first kappa shape index (κ1) is 12.9. The van der Waals surface area contributed by atoms with Crippen molar-refractivity contribution in [2.24, 2.45) is 0 Å². The van der Waals surface area contributed by atoms with Gasteiger partial charge in [0.05, 0.1) is 11.1 Å². The largest absolute Gasteiger partial charge is 0.392 e. The van der Waals surface area contributed by atoms with Crippen molar-refractivity contribution in [3.8, 4) is 0 Å². The van der Waals surface area contributed by atoms with E-state index >= 15 is 0 Å². The molecule has 2 atom stereocenters. The Morgan fingerprint density at radius 2 is 2.35 bits per heavy atom. The molecule has 0 spiro atoms. The van der Waals surface area contributed by atoms with Crippen molar-refractivity contribution in [2.45, 2.75) is 36.9 Å². The number of aliphatic hydroxyl groups is 1. The van der Waals surface area contributed by atoms with Gasteiger partial charge in [0.1, 0.15) is 0 Å². The van der Waals surface area contributed by atoms with E-state index in [2.05, 4.69) is 28.9 Å². The maximum absolute atomic E-state index is 9.70. The Morgan fingerprint density at radius 3 is 2.94 bits per heavy atom. The van der Waals surface area contributed by atoms with Crippen LogP contribution in [-0.2, 0) is 0 Å². The van der Waals surface area contributed by atoms with Gasteiger partial charge in [-0.05, 0) is 44.2 Å². The van der Waals surface area contributed by atoms with E-state index in [1.165, 1.54) is 5.56 Å². The summed E-state index contributed by atoms with van der Waals surface area (Å²) in [6.45, 7) is 4.04. The summed E-state index contributed by atoms with van der Waals surface area (Å²) in [5, 5.41) is 10.8. The van der Waals surface area contributed by atoms with Gasteiger partial charge in [0, 0.05) is 18.8 Å². The van der Waals surface area contributed by atoms with Crippen LogP contribution >= 0.6 is 11.8 Å². The van der Waals surface area contributed by atoms with Crippen molar-refractivity contribution in [1.29, 1.82) is 0 Å². The lowest BCUT2D eigenvalue weighted by Crippen LogP contribution is -2.39. The number of β-amino-alcohol motifs (C(OH)–C–C–N with tert-alkyl or cyclic N) is 1. The first-order valence-electron chi connectivity index (χ1n) is 6.12. The second-order valence-corrected chi connectivity index (χ2v) is 5.43. The molecule has 2 rings (SSSR count). The maximum Gasteiger partial charge on any atom is 0.0957 e. The zero-order valence-electron chi connectivity index (χ0n) is 10.5. The van der Waals surface area contributed by atoms with E-state index in [1.54, 1.807) is 11.8 Å². The highest BCUT2D eigenvalue weighted by molar-refractivity contribution is 7.98. The van der Waals surface area contributed by atoms with E-state index in [0.29, 0.717) is 6.04 Å². The molecule has 3 nitrogen and oxygen atoms in total. The summed E-state index contributed by atoms with van der Waals surface area (Å²) in [5.41, 5.74) is 1.23. The SMILES string of the molecule is CSc1ccc(C(C)N2CCCC(O)C2)cn1. The highest BCUT2D eigenvalue weighted by Crippen LogP contribution is 2.24. The summed E-state index contributed by atoms with van der Waals surface area (Å²) in [6.07, 6.45) is 5.85. The third-order valence-electron chi connectivity index (χ3n) is 3.43. The van der Waals surface area contributed by atoms with Gasteiger partial charge >= 0.3 is 0 Å². The molecule has 0 amide bonds. The van der Waals surface area contributed by atoms with Crippen LogP contribution in [0.1, 0.15) is 31.4 Å². The lowest BCUT2D eigenvalue weighted by Gasteiger charge is -2.34. The van der Waals surface area contributed by atoms with Crippen molar-refractivity contribution in [2.75, 3.05) is 19.3 Å². The van der Waals surface area contributed by atoms with Crippen LogP contribution in [0.5, 0.6) is 0 Å². The Morgan fingerprint density at radius 1 is 1.53 bits per heavy atom.